The summed E-state index contributed by atoms with van der Waals surface area (Å²) in [5.74, 6) is 0.790. The van der Waals surface area contributed by atoms with Crippen LogP contribution in [0.2, 0.25) is 0 Å². The Balaban J connectivity index is 0. The van der Waals surface area contributed by atoms with E-state index in [4.69, 9.17) is 16.2 Å². The van der Waals surface area contributed by atoms with Crippen molar-refractivity contribution >= 4 is 36.2 Å². The molecule has 0 spiro atoms. The van der Waals surface area contributed by atoms with Gasteiger partial charge < -0.3 is 16.2 Å². The minimum absolute atomic E-state index is 0. The topological polar surface area (TPSA) is 61.3 Å². The normalized spacial score (nSPS) is 9.50. The largest absolute Gasteiger partial charge is 0.491 e. The summed E-state index contributed by atoms with van der Waals surface area (Å²) in [5.41, 5.74) is 14.0. The first-order chi connectivity index (χ1) is 8.65. The van der Waals surface area contributed by atoms with Crippen molar-refractivity contribution in [2.45, 2.75) is 52.4 Å². The van der Waals surface area contributed by atoms with Gasteiger partial charge in [0.2, 0.25) is 0 Å². The molecule has 118 valence electrons. The second-order valence-electron chi connectivity index (χ2n) is 4.87. The van der Waals surface area contributed by atoms with E-state index in [1.807, 2.05) is 13.0 Å². The monoisotopic (exact) mass is 322 g/mol. The molecule has 0 bridgehead atoms. The summed E-state index contributed by atoms with van der Waals surface area (Å²) >= 11 is 0. The highest BCUT2D eigenvalue weighted by Crippen LogP contribution is 2.28. The van der Waals surface area contributed by atoms with Crippen molar-refractivity contribution in [1.82, 2.24) is 0 Å². The lowest BCUT2D eigenvalue weighted by molar-refractivity contribution is 0.304. The van der Waals surface area contributed by atoms with Crippen LogP contribution in [0.4, 0.5) is 11.4 Å². The van der Waals surface area contributed by atoms with Crippen LogP contribution in [-0.2, 0) is 0 Å². The van der Waals surface area contributed by atoms with Crippen molar-refractivity contribution in [2.24, 2.45) is 0 Å². The molecule has 0 unspecified atom stereocenters. The quantitative estimate of drug-likeness (QED) is 0.536. The lowest BCUT2D eigenvalue weighted by Gasteiger charge is -2.12. The number of halogens is 2. The minimum atomic E-state index is 0. The molecule has 0 saturated carbocycles. The molecule has 0 saturated heterocycles. The van der Waals surface area contributed by atoms with Gasteiger partial charge in [-0.15, -0.1) is 24.8 Å². The Morgan fingerprint density at radius 2 is 1.55 bits per heavy atom. The van der Waals surface area contributed by atoms with Crippen LogP contribution in [0, 0.1) is 6.92 Å². The first-order valence-corrected chi connectivity index (χ1v) is 6.93. The number of ether oxygens (including phenoxy) is 1. The molecule has 0 aliphatic rings. The number of hydrogen-bond donors (Lipinski definition) is 2. The van der Waals surface area contributed by atoms with E-state index in [0.29, 0.717) is 11.4 Å². The Kier molecular flexibility index (Phi) is 12.9. The molecule has 0 atom stereocenters. The van der Waals surface area contributed by atoms with Crippen molar-refractivity contribution in [2.75, 3.05) is 18.1 Å². The van der Waals surface area contributed by atoms with Gasteiger partial charge in [-0.2, -0.15) is 0 Å². The van der Waals surface area contributed by atoms with Gasteiger partial charge >= 0.3 is 0 Å². The SMILES string of the molecule is CCCCCCCCOc1c(C)cc(N)cc1N.Cl.Cl. The van der Waals surface area contributed by atoms with Gasteiger partial charge in [0.05, 0.1) is 12.3 Å². The zero-order valence-corrected chi connectivity index (χ0v) is 14.1. The van der Waals surface area contributed by atoms with Gasteiger partial charge in [-0.3, -0.25) is 0 Å². The highest BCUT2D eigenvalue weighted by molar-refractivity contribution is 5.85. The Bertz CT molecular complexity index is 350. The fourth-order valence-electron chi connectivity index (χ4n) is 2.08. The molecule has 20 heavy (non-hydrogen) atoms. The van der Waals surface area contributed by atoms with E-state index in [-0.39, 0.29) is 24.8 Å². The first kappa shape index (κ1) is 21.5. The molecule has 1 rings (SSSR count). The van der Waals surface area contributed by atoms with Crippen LogP contribution in [0.1, 0.15) is 51.0 Å². The van der Waals surface area contributed by atoms with Gasteiger partial charge in [-0.25, -0.2) is 0 Å². The summed E-state index contributed by atoms with van der Waals surface area (Å²) < 4.78 is 5.75. The zero-order chi connectivity index (χ0) is 13.4. The van der Waals surface area contributed by atoms with Crippen LogP contribution < -0.4 is 16.2 Å². The molecule has 4 N–H and O–H groups in total. The van der Waals surface area contributed by atoms with Crippen LogP contribution >= 0.6 is 24.8 Å². The number of nitrogen functional groups attached to an aromatic ring is 2. The van der Waals surface area contributed by atoms with Crippen molar-refractivity contribution < 1.29 is 4.74 Å². The highest BCUT2D eigenvalue weighted by atomic mass is 35.5. The number of aryl methyl sites for hydroxylation is 1. The van der Waals surface area contributed by atoms with Crippen molar-refractivity contribution in [1.29, 1.82) is 0 Å². The Morgan fingerprint density at radius 1 is 0.950 bits per heavy atom. The van der Waals surface area contributed by atoms with Gasteiger partial charge in [0.25, 0.3) is 0 Å². The van der Waals surface area contributed by atoms with Crippen molar-refractivity contribution in [3.8, 4) is 5.75 Å². The fraction of sp³-hybridized carbons (Fsp3) is 0.600. The van der Waals surface area contributed by atoms with E-state index >= 15 is 0 Å². The third-order valence-electron chi connectivity index (χ3n) is 3.07. The van der Waals surface area contributed by atoms with Gasteiger partial charge in [0.1, 0.15) is 5.75 Å². The minimum Gasteiger partial charge on any atom is -0.491 e. The maximum Gasteiger partial charge on any atom is 0.145 e. The summed E-state index contributed by atoms with van der Waals surface area (Å²) in [7, 11) is 0. The molecule has 0 aliphatic carbocycles. The Labute approximate surface area is 135 Å². The molecule has 3 nitrogen and oxygen atoms in total. The van der Waals surface area contributed by atoms with Gasteiger partial charge in [0.15, 0.2) is 0 Å². The van der Waals surface area contributed by atoms with E-state index in [1.54, 1.807) is 6.07 Å². The summed E-state index contributed by atoms with van der Waals surface area (Å²) in [6.07, 6.45) is 7.58. The van der Waals surface area contributed by atoms with Crippen LogP contribution in [-0.4, -0.2) is 6.61 Å². The van der Waals surface area contributed by atoms with Crippen molar-refractivity contribution in [3.05, 3.63) is 17.7 Å². The molecule has 5 heteroatoms. The van der Waals surface area contributed by atoms with Crippen LogP contribution in [0.3, 0.4) is 0 Å². The predicted octanol–water partition coefficient (Wildman–Crippen LogP) is 4.74. The number of hydrogen-bond acceptors (Lipinski definition) is 3. The molecule has 0 radical (unpaired) electrons. The van der Waals surface area contributed by atoms with E-state index in [0.717, 1.165) is 24.3 Å². The van der Waals surface area contributed by atoms with Gasteiger partial charge in [0, 0.05) is 5.69 Å². The van der Waals surface area contributed by atoms with Gasteiger partial charge in [-0.05, 0) is 31.0 Å². The standard InChI is InChI=1S/C15H26N2O.2ClH/c1-3-4-5-6-7-8-9-18-15-12(2)10-13(16)11-14(15)17;;/h10-11H,3-9,16-17H2,1-2H3;2*1H. The molecule has 0 fully saturated rings. The lowest BCUT2D eigenvalue weighted by Crippen LogP contribution is -2.03. The smallest absolute Gasteiger partial charge is 0.145 e. The van der Waals surface area contributed by atoms with Gasteiger partial charge in [-0.1, -0.05) is 39.0 Å². The summed E-state index contributed by atoms with van der Waals surface area (Å²) in [6, 6.07) is 3.65. The fourth-order valence-corrected chi connectivity index (χ4v) is 2.08. The van der Waals surface area contributed by atoms with E-state index in [9.17, 15) is 0 Å². The summed E-state index contributed by atoms with van der Waals surface area (Å²) in [4.78, 5) is 0. The predicted molar refractivity (Wildman–Crippen MR) is 93.4 cm³/mol. The zero-order valence-electron chi connectivity index (χ0n) is 12.5. The van der Waals surface area contributed by atoms with Crippen LogP contribution in [0.15, 0.2) is 12.1 Å². The molecule has 0 aromatic heterocycles. The third-order valence-corrected chi connectivity index (χ3v) is 3.07. The lowest BCUT2D eigenvalue weighted by atomic mass is 10.1. The van der Waals surface area contributed by atoms with Crippen LogP contribution in [0.25, 0.3) is 0 Å². The molecular formula is C15H28Cl2N2O. The first-order valence-electron chi connectivity index (χ1n) is 6.93. The summed E-state index contributed by atoms with van der Waals surface area (Å²) in [5, 5.41) is 0. The number of nitrogens with two attached hydrogens (primary N) is 2. The molecule has 1 aromatic carbocycles. The maximum atomic E-state index is 5.90. The number of unbranched alkanes of at least 4 members (excludes halogenated alkanes) is 5. The average molecular weight is 323 g/mol. The number of anilines is 2. The highest BCUT2D eigenvalue weighted by Gasteiger charge is 2.05. The molecule has 0 aliphatic heterocycles. The second kappa shape index (κ2) is 12.0. The number of benzene rings is 1. The van der Waals surface area contributed by atoms with E-state index < -0.39 is 0 Å². The number of rotatable bonds is 8. The average Bonchev–Trinajstić information content (AvgIpc) is 2.30. The van der Waals surface area contributed by atoms with Crippen molar-refractivity contribution in [3.63, 3.8) is 0 Å². The third kappa shape index (κ3) is 7.71. The molecular weight excluding hydrogens is 295 g/mol. The Hall–Kier alpha value is -0.800. The van der Waals surface area contributed by atoms with E-state index in [1.165, 1.54) is 32.1 Å². The molecule has 0 amide bonds. The second-order valence-corrected chi connectivity index (χ2v) is 4.87. The Morgan fingerprint density at radius 3 is 2.15 bits per heavy atom. The molecule has 0 heterocycles. The molecule has 1 aromatic rings. The van der Waals surface area contributed by atoms with E-state index in [2.05, 4.69) is 6.92 Å². The maximum absolute atomic E-state index is 5.90. The summed E-state index contributed by atoms with van der Waals surface area (Å²) in [6.45, 7) is 4.94. The van der Waals surface area contributed by atoms with Crippen LogP contribution in [0.5, 0.6) is 5.75 Å².